The quantitative estimate of drug-likeness (QED) is 0.588. The van der Waals surface area contributed by atoms with Crippen LogP contribution in [-0.4, -0.2) is 35.7 Å². The average Bonchev–Trinajstić information content (AvgIpc) is 2.15. The number of ketones is 2. The van der Waals surface area contributed by atoms with E-state index in [2.05, 4.69) is 5.32 Å². The predicted molar refractivity (Wildman–Crippen MR) is 54.5 cm³/mol. The number of carbonyl (C=O) groups excluding carboxylic acids is 2. The molecule has 0 unspecified atom stereocenters. The number of likely N-dealkylation sites (N-methyl/N-ethyl adjacent to an activating group) is 1. The molecule has 5 heteroatoms. The van der Waals surface area contributed by atoms with Crippen LogP contribution in [0.1, 0.15) is 19.8 Å². The third-order valence-corrected chi connectivity index (χ3v) is 1.83. The summed E-state index contributed by atoms with van der Waals surface area (Å²) >= 11 is 0. The molecule has 0 spiro atoms. The molecule has 0 amide bonds. The second kappa shape index (κ2) is 6.89. The third-order valence-electron chi connectivity index (χ3n) is 1.83. The van der Waals surface area contributed by atoms with E-state index >= 15 is 0 Å². The van der Waals surface area contributed by atoms with Crippen molar-refractivity contribution in [3.63, 3.8) is 0 Å². The van der Waals surface area contributed by atoms with Crippen molar-refractivity contribution in [3.05, 3.63) is 12.2 Å². The molecule has 15 heavy (non-hydrogen) atoms. The fraction of sp³-hybridized carbons (Fsp3) is 0.500. The lowest BCUT2D eigenvalue weighted by molar-refractivity contribution is -0.139. The van der Waals surface area contributed by atoms with Crippen LogP contribution in [0.4, 0.5) is 0 Å². The highest BCUT2D eigenvalue weighted by Crippen LogP contribution is 1.99. The van der Waals surface area contributed by atoms with Crippen molar-refractivity contribution < 1.29 is 19.5 Å². The molecule has 0 saturated heterocycles. The molecule has 0 aromatic rings. The van der Waals surface area contributed by atoms with Gasteiger partial charge in [-0.2, -0.15) is 0 Å². The zero-order chi connectivity index (χ0) is 11.8. The molecule has 1 atom stereocenters. The molecule has 0 aliphatic carbocycles. The maximum Gasteiger partial charge on any atom is 0.320 e. The summed E-state index contributed by atoms with van der Waals surface area (Å²) in [5.74, 6) is -1.43. The molecule has 0 aromatic carbocycles. The van der Waals surface area contributed by atoms with E-state index in [4.69, 9.17) is 5.11 Å². The highest BCUT2D eigenvalue weighted by Gasteiger charge is 2.15. The number of nitrogens with one attached hydrogen (secondary N) is 1. The van der Waals surface area contributed by atoms with E-state index in [1.165, 1.54) is 26.1 Å². The summed E-state index contributed by atoms with van der Waals surface area (Å²) in [5.41, 5.74) is 0. The minimum atomic E-state index is -0.985. The summed E-state index contributed by atoms with van der Waals surface area (Å²) in [4.78, 5) is 32.2. The monoisotopic (exact) mass is 213 g/mol. The largest absolute Gasteiger partial charge is 0.480 e. The summed E-state index contributed by atoms with van der Waals surface area (Å²) in [6, 6.07) is -0.723. The fourth-order valence-electron chi connectivity index (χ4n) is 0.972. The zero-order valence-corrected chi connectivity index (χ0v) is 8.82. The van der Waals surface area contributed by atoms with Crippen molar-refractivity contribution in [3.8, 4) is 0 Å². The standard InChI is InChI=1S/C10H15NO4/c1-7(12)3-4-8(13)5-6-9(11-2)10(14)15/h3-4,9,11H,5-6H2,1-2H3,(H,14,15)/b4-3+/t9-/m0/s1. The molecule has 0 bridgehead atoms. The summed E-state index contributed by atoms with van der Waals surface area (Å²) < 4.78 is 0. The normalized spacial score (nSPS) is 12.7. The molecule has 0 aromatic heterocycles. The van der Waals surface area contributed by atoms with E-state index in [1.54, 1.807) is 0 Å². The Balaban J connectivity index is 3.99. The second-order valence-corrected chi connectivity index (χ2v) is 3.13. The molecule has 0 aliphatic rings. The Morgan fingerprint density at radius 3 is 2.33 bits per heavy atom. The van der Waals surface area contributed by atoms with E-state index in [-0.39, 0.29) is 24.4 Å². The number of carboxylic acids is 1. The van der Waals surface area contributed by atoms with Crippen molar-refractivity contribution in [2.24, 2.45) is 0 Å². The molecule has 0 rings (SSSR count). The molecule has 0 aliphatic heterocycles. The molecule has 84 valence electrons. The minimum Gasteiger partial charge on any atom is -0.480 e. The van der Waals surface area contributed by atoms with Gasteiger partial charge in [0, 0.05) is 6.42 Å². The van der Waals surface area contributed by atoms with Crippen LogP contribution < -0.4 is 5.32 Å². The summed E-state index contributed by atoms with van der Waals surface area (Å²) in [5, 5.41) is 11.2. The van der Waals surface area contributed by atoms with Gasteiger partial charge in [0.1, 0.15) is 6.04 Å². The number of carbonyl (C=O) groups is 3. The summed E-state index contributed by atoms with van der Waals surface area (Å²) in [7, 11) is 1.52. The molecule has 0 radical (unpaired) electrons. The maximum absolute atomic E-state index is 11.1. The Bertz CT molecular complexity index is 283. The number of rotatable bonds is 7. The van der Waals surface area contributed by atoms with Crippen LogP contribution in [0.15, 0.2) is 12.2 Å². The molecule has 2 N–H and O–H groups in total. The first kappa shape index (κ1) is 13.5. The van der Waals surface area contributed by atoms with Crippen LogP contribution >= 0.6 is 0 Å². The maximum atomic E-state index is 11.1. The van der Waals surface area contributed by atoms with Gasteiger partial charge in [-0.1, -0.05) is 0 Å². The first-order chi connectivity index (χ1) is 6.97. The minimum absolute atomic E-state index is 0.113. The van der Waals surface area contributed by atoms with Gasteiger partial charge in [-0.25, -0.2) is 0 Å². The highest BCUT2D eigenvalue weighted by molar-refractivity contribution is 5.97. The molecule has 0 fully saturated rings. The van der Waals surface area contributed by atoms with Crippen LogP contribution in [0.25, 0.3) is 0 Å². The van der Waals surface area contributed by atoms with Gasteiger partial charge in [-0.3, -0.25) is 14.4 Å². The van der Waals surface area contributed by atoms with Crippen LogP contribution in [0, 0.1) is 0 Å². The van der Waals surface area contributed by atoms with Crippen molar-refractivity contribution in [2.75, 3.05) is 7.05 Å². The number of allylic oxidation sites excluding steroid dienone is 2. The zero-order valence-electron chi connectivity index (χ0n) is 8.82. The van der Waals surface area contributed by atoms with Gasteiger partial charge in [0.2, 0.25) is 0 Å². The van der Waals surface area contributed by atoms with E-state index in [1.807, 2.05) is 0 Å². The summed E-state index contributed by atoms with van der Waals surface area (Å²) in [6.07, 6.45) is 2.68. The Labute approximate surface area is 88.2 Å². The average molecular weight is 213 g/mol. The van der Waals surface area contributed by atoms with Crippen LogP contribution in [0.5, 0.6) is 0 Å². The van der Waals surface area contributed by atoms with Crippen molar-refractivity contribution in [1.29, 1.82) is 0 Å². The molecular formula is C10H15NO4. The van der Waals surface area contributed by atoms with Crippen molar-refractivity contribution in [1.82, 2.24) is 5.32 Å². The van der Waals surface area contributed by atoms with Gasteiger partial charge in [0.25, 0.3) is 0 Å². The lowest BCUT2D eigenvalue weighted by atomic mass is 10.1. The van der Waals surface area contributed by atoms with Gasteiger partial charge in [-0.05, 0) is 32.5 Å². The van der Waals surface area contributed by atoms with Crippen LogP contribution in [0.3, 0.4) is 0 Å². The third kappa shape index (κ3) is 6.56. The van der Waals surface area contributed by atoms with Gasteiger partial charge >= 0.3 is 5.97 Å². The van der Waals surface area contributed by atoms with Crippen LogP contribution in [-0.2, 0) is 14.4 Å². The Morgan fingerprint density at radius 2 is 1.93 bits per heavy atom. The first-order valence-electron chi connectivity index (χ1n) is 4.59. The van der Waals surface area contributed by atoms with Gasteiger partial charge in [0.05, 0.1) is 0 Å². The van der Waals surface area contributed by atoms with Gasteiger partial charge < -0.3 is 10.4 Å². The topological polar surface area (TPSA) is 83.5 Å². The molecule has 0 heterocycles. The predicted octanol–water partition coefficient (Wildman–Crippen LogP) is 0.153. The lowest BCUT2D eigenvalue weighted by Crippen LogP contribution is -2.34. The number of carboxylic acid groups (broad SMARTS) is 1. The van der Waals surface area contributed by atoms with Gasteiger partial charge in [-0.15, -0.1) is 0 Å². The Hall–Kier alpha value is -1.49. The molecule has 0 saturated carbocycles. The Morgan fingerprint density at radius 1 is 1.33 bits per heavy atom. The molecular weight excluding hydrogens is 198 g/mol. The lowest BCUT2D eigenvalue weighted by Gasteiger charge is -2.08. The van der Waals surface area contributed by atoms with E-state index in [0.717, 1.165) is 0 Å². The second-order valence-electron chi connectivity index (χ2n) is 3.13. The number of hydrogen-bond acceptors (Lipinski definition) is 4. The summed E-state index contributed by atoms with van der Waals surface area (Å²) in [6.45, 7) is 1.34. The SMILES string of the molecule is CN[C@@H](CCC(=O)/C=C/C(C)=O)C(=O)O. The van der Waals surface area contributed by atoms with Crippen molar-refractivity contribution in [2.45, 2.75) is 25.8 Å². The highest BCUT2D eigenvalue weighted by atomic mass is 16.4. The Kier molecular flexibility index (Phi) is 6.21. The van der Waals surface area contributed by atoms with E-state index in [0.29, 0.717) is 0 Å². The van der Waals surface area contributed by atoms with Crippen molar-refractivity contribution >= 4 is 17.5 Å². The molecule has 5 nitrogen and oxygen atoms in total. The van der Waals surface area contributed by atoms with E-state index < -0.39 is 12.0 Å². The van der Waals surface area contributed by atoms with E-state index in [9.17, 15) is 14.4 Å². The smallest absolute Gasteiger partial charge is 0.320 e. The number of hydrogen-bond donors (Lipinski definition) is 2. The van der Waals surface area contributed by atoms with Gasteiger partial charge in [0.15, 0.2) is 11.6 Å². The first-order valence-corrected chi connectivity index (χ1v) is 4.59. The van der Waals surface area contributed by atoms with Crippen LogP contribution in [0.2, 0.25) is 0 Å². The fourth-order valence-corrected chi connectivity index (χ4v) is 0.972. The number of aliphatic carboxylic acids is 1.